The van der Waals surface area contributed by atoms with Crippen LogP contribution < -0.4 is 10.4 Å². The van der Waals surface area contributed by atoms with E-state index in [0.717, 1.165) is 5.57 Å². The molecule has 0 bridgehead atoms. The highest BCUT2D eigenvalue weighted by Crippen LogP contribution is 1.95. The molecule has 0 fully saturated rings. The molecule has 0 atom stereocenters. The number of rotatable bonds is 2. The largest absolute Gasteiger partial charge is 0.137 e. The standard InChI is InChI=1S/C16H10Si/c1-3-7-15(8-4-1)17(13-14-11-12-14)16-9-5-2-6-10-16/h1-10H. The van der Waals surface area contributed by atoms with E-state index in [0.29, 0.717) is 0 Å². The van der Waals surface area contributed by atoms with Gasteiger partial charge in [0.25, 0.3) is 0 Å². The molecular weight excluding hydrogens is 220 g/mol. The van der Waals surface area contributed by atoms with Gasteiger partial charge in [0.15, 0.2) is 0 Å². The highest BCUT2D eigenvalue weighted by molar-refractivity contribution is 6.88. The zero-order valence-corrected chi connectivity index (χ0v) is 10.3. The number of benzene rings is 2. The lowest BCUT2D eigenvalue weighted by atomic mass is 10.4. The first-order chi connectivity index (χ1) is 8.43. The summed E-state index contributed by atoms with van der Waals surface area (Å²) >= 11 is 0. The van der Waals surface area contributed by atoms with Gasteiger partial charge in [-0.05, 0) is 22.2 Å². The Kier molecular flexibility index (Phi) is 2.60. The van der Waals surface area contributed by atoms with Crippen molar-refractivity contribution in [1.29, 1.82) is 0 Å². The van der Waals surface area contributed by atoms with Crippen LogP contribution in [-0.4, -0.2) is 13.7 Å². The molecule has 1 heteroatoms. The summed E-state index contributed by atoms with van der Waals surface area (Å²) in [4.78, 5) is 0. The lowest BCUT2D eigenvalue weighted by Gasteiger charge is -2.03. The normalized spacial score (nSPS) is 11.2. The summed E-state index contributed by atoms with van der Waals surface area (Å²) in [5.74, 6) is 5.97. The molecule has 0 nitrogen and oxygen atoms in total. The molecule has 0 amide bonds. The predicted octanol–water partition coefficient (Wildman–Crippen LogP) is 1.22. The summed E-state index contributed by atoms with van der Waals surface area (Å²) in [7, 11) is -0.949. The molecule has 2 aromatic rings. The van der Waals surface area contributed by atoms with Gasteiger partial charge in [-0.3, -0.25) is 0 Å². The van der Waals surface area contributed by atoms with Crippen molar-refractivity contribution in [2.75, 3.05) is 0 Å². The Morgan fingerprint density at radius 2 is 1.18 bits per heavy atom. The van der Waals surface area contributed by atoms with Crippen LogP contribution in [0.5, 0.6) is 0 Å². The fourth-order valence-electron chi connectivity index (χ4n) is 1.74. The van der Waals surface area contributed by atoms with E-state index in [4.69, 9.17) is 0 Å². The minimum atomic E-state index is -0.949. The van der Waals surface area contributed by atoms with Crippen LogP contribution in [-0.2, 0) is 0 Å². The van der Waals surface area contributed by atoms with Gasteiger partial charge in [-0.15, -0.1) is 5.33 Å². The summed E-state index contributed by atoms with van der Waals surface area (Å²) in [6.45, 7) is 0. The molecule has 0 spiro atoms. The van der Waals surface area contributed by atoms with Crippen LogP contribution in [0, 0.1) is 11.8 Å². The zero-order valence-electron chi connectivity index (χ0n) is 9.27. The minimum Gasteiger partial charge on any atom is -0.120 e. The lowest BCUT2D eigenvalue weighted by Crippen LogP contribution is -2.34. The lowest BCUT2D eigenvalue weighted by molar-refractivity contribution is 1.74. The molecule has 1 aliphatic carbocycles. The molecule has 0 aromatic heterocycles. The first kappa shape index (κ1) is 10.0. The molecule has 0 saturated heterocycles. The Hall–Kier alpha value is -2.13. The van der Waals surface area contributed by atoms with Crippen molar-refractivity contribution < 1.29 is 0 Å². The maximum Gasteiger partial charge on any atom is 0.137 e. The van der Waals surface area contributed by atoms with Crippen LogP contribution in [0.3, 0.4) is 0 Å². The Bertz CT molecular complexity index is 612. The predicted molar refractivity (Wildman–Crippen MR) is 74.2 cm³/mol. The number of hydrogen-bond donors (Lipinski definition) is 0. The van der Waals surface area contributed by atoms with Crippen molar-refractivity contribution in [1.82, 2.24) is 0 Å². The Morgan fingerprint density at radius 3 is 1.59 bits per heavy atom. The summed E-state index contributed by atoms with van der Waals surface area (Å²) in [6.07, 6.45) is 0. The average Bonchev–Trinajstić information content (AvgIpc) is 3.22. The quantitative estimate of drug-likeness (QED) is 0.537. The molecule has 0 N–H and O–H groups in total. The highest BCUT2D eigenvalue weighted by Gasteiger charge is 2.07. The highest BCUT2D eigenvalue weighted by atomic mass is 28.2. The Balaban J connectivity index is 2.15. The van der Waals surface area contributed by atoms with Crippen molar-refractivity contribution in [2.24, 2.45) is 0 Å². The number of hydrogen-bond acceptors (Lipinski definition) is 0. The van der Waals surface area contributed by atoms with E-state index < -0.39 is 8.41 Å². The SMILES string of the molecule is C(=C1C#C1)=[Si](c1ccccc1)c1ccccc1. The molecule has 1 aliphatic rings. The summed E-state index contributed by atoms with van der Waals surface area (Å²) in [5.41, 5.74) is 1.02. The van der Waals surface area contributed by atoms with Gasteiger partial charge < -0.3 is 0 Å². The van der Waals surface area contributed by atoms with Gasteiger partial charge in [0.2, 0.25) is 0 Å². The monoisotopic (exact) mass is 230 g/mol. The van der Waals surface area contributed by atoms with E-state index in [1.807, 2.05) is 0 Å². The Labute approximate surface area is 102 Å². The average molecular weight is 230 g/mol. The number of allylic oxidation sites excluding steroid dienone is 1. The molecule has 0 aliphatic heterocycles. The minimum absolute atomic E-state index is 0.949. The van der Waals surface area contributed by atoms with E-state index in [1.165, 1.54) is 10.4 Å². The molecular formula is C16H10Si. The van der Waals surface area contributed by atoms with Gasteiger partial charge in [-0.25, -0.2) is 0 Å². The van der Waals surface area contributed by atoms with E-state index in [1.54, 1.807) is 0 Å². The molecule has 78 valence electrons. The molecule has 3 rings (SSSR count). The zero-order chi connectivity index (χ0) is 11.5. The van der Waals surface area contributed by atoms with Gasteiger partial charge in [0.1, 0.15) is 14.0 Å². The summed E-state index contributed by atoms with van der Waals surface area (Å²) in [5, 5.41) is 6.23. The van der Waals surface area contributed by atoms with E-state index in [2.05, 4.69) is 77.8 Å². The van der Waals surface area contributed by atoms with Gasteiger partial charge >= 0.3 is 0 Å². The van der Waals surface area contributed by atoms with Crippen LogP contribution in [0.15, 0.2) is 66.2 Å². The fraction of sp³-hybridized carbons (Fsp3) is 0. The summed E-state index contributed by atoms with van der Waals surface area (Å²) in [6, 6.07) is 21.2. The molecule has 0 saturated carbocycles. The third-order valence-corrected chi connectivity index (χ3v) is 4.95. The topological polar surface area (TPSA) is 0 Å². The fourth-order valence-corrected chi connectivity index (χ4v) is 3.79. The second-order valence-corrected chi connectivity index (χ2v) is 6.01. The van der Waals surface area contributed by atoms with Crippen LogP contribution >= 0.6 is 0 Å². The molecule has 2 aromatic carbocycles. The van der Waals surface area contributed by atoms with E-state index in [9.17, 15) is 0 Å². The van der Waals surface area contributed by atoms with Crippen molar-refractivity contribution in [3.63, 3.8) is 0 Å². The van der Waals surface area contributed by atoms with Crippen molar-refractivity contribution in [3.05, 3.63) is 66.2 Å². The molecule has 0 unspecified atom stereocenters. The second kappa shape index (κ2) is 4.39. The van der Waals surface area contributed by atoms with Crippen LogP contribution in [0.4, 0.5) is 0 Å². The first-order valence-corrected chi connectivity index (χ1v) is 7.07. The van der Waals surface area contributed by atoms with Crippen molar-refractivity contribution in [3.8, 4) is 11.8 Å². The van der Waals surface area contributed by atoms with Gasteiger partial charge in [-0.2, -0.15) is 0 Å². The van der Waals surface area contributed by atoms with Gasteiger partial charge in [0.05, 0.1) is 0 Å². The third-order valence-electron chi connectivity index (χ3n) is 2.62. The molecule has 0 radical (unpaired) electrons. The molecule has 0 heterocycles. The van der Waals surface area contributed by atoms with Crippen molar-refractivity contribution in [2.45, 2.75) is 0 Å². The van der Waals surface area contributed by atoms with Crippen LogP contribution in [0.2, 0.25) is 0 Å². The smallest absolute Gasteiger partial charge is 0.120 e. The van der Waals surface area contributed by atoms with E-state index in [-0.39, 0.29) is 0 Å². The Morgan fingerprint density at radius 1 is 0.706 bits per heavy atom. The van der Waals surface area contributed by atoms with Gasteiger partial charge in [0, 0.05) is 0 Å². The molecule has 17 heavy (non-hydrogen) atoms. The third kappa shape index (κ3) is 2.34. The van der Waals surface area contributed by atoms with Gasteiger partial charge in [-0.1, -0.05) is 60.7 Å². The van der Waals surface area contributed by atoms with E-state index >= 15 is 0 Å². The maximum absolute atomic E-state index is 3.52. The van der Waals surface area contributed by atoms with Crippen LogP contribution in [0.25, 0.3) is 0 Å². The maximum atomic E-state index is 3.52. The van der Waals surface area contributed by atoms with Crippen LogP contribution in [0.1, 0.15) is 0 Å². The summed E-state index contributed by atoms with van der Waals surface area (Å²) < 4.78 is 0. The first-order valence-electron chi connectivity index (χ1n) is 5.57. The second-order valence-electron chi connectivity index (χ2n) is 3.86. The van der Waals surface area contributed by atoms with Crippen molar-refractivity contribution >= 4 is 24.1 Å².